The Labute approximate surface area is 120 Å². The van der Waals surface area contributed by atoms with Gasteiger partial charge in [-0.15, -0.1) is 0 Å². The van der Waals surface area contributed by atoms with Crippen LogP contribution in [0.15, 0.2) is 0 Å². The number of hydrogen-bond acceptors (Lipinski definition) is 1. The number of benzene rings is 1. The fourth-order valence-electron chi connectivity index (χ4n) is 3.15. The Morgan fingerprint density at radius 1 is 0.762 bits per heavy atom. The first-order valence-corrected chi connectivity index (χ1v) is 7.17. The number of hydrogen-bond donors (Lipinski definition) is 1. The molecule has 118 valence electrons. The zero-order valence-electron chi connectivity index (χ0n) is 11.8. The highest BCUT2D eigenvalue weighted by atomic mass is 19.2. The molecule has 0 radical (unpaired) electrons. The summed E-state index contributed by atoms with van der Waals surface area (Å²) in [5.74, 6) is -9.45. The molecule has 6 heteroatoms. The van der Waals surface area contributed by atoms with E-state index in [9.17, 15) is 22.0 Å². The minimum absolute atomic E-state index is 0.134. The molecule has 1 atom stereocenters. The third-order valence-corrected chi connectivity index (χ3v) is 4.24. The molecule has 21 heavy (non-hydrogen) atoms. The SMILES string of the molecule is CNC(c1c(F)c(F)c(F)c(F)c1F)C1CCCCCC1. The second kappa shape index (κ2) is 6.73. The molecule has 0 saturated heterocycles. The Kier molecular flexibility index (Phi) is 5.19. The van der Waals surface area contributed by atoms with Gasteiger partial charge in [0.2, 0.25) is 5.82 Å². The van der Waals surface area contributed by atoms with Crippen LogP contribution in [0.5, 0.6) is 0 Å². The van der Waals surface area contributed by atoms with Crippen LogP contribution in [0.1, 0.15) is 50.1 Å². The number of halogens is 5. The van der Waals surface area contributed by atoms with Gasteiger partial charge in [0, 0.05) is 11.6 Å². The van der Waals surface area contributed by atoms with E-state index in [0.29, 0.717) is 12.8 Å². The Balaban J connectivity index is 2.46. The quantitative estimate of drug-likeness (QED) is 0.372. The highest BCUT2D eigenvalue weighted by molar-refractivity contribution is 5.27. The summed E-state index contributed by atoms with van der Waals surface area (Å²) in [6, 6.07) is -0.868. The van der Waals surface area contributed by atoms with Crippen molar-refractivity contribution in [3.8, 4) is 0 Å². The molecule has 2 rings (SSSR count). The van der Waals surface area contributed by atoms with Crippen molar-refractivity contribution in [2.75, 3.05) is 7.05 Å². The lowest BCUT2D eigenvalue weighted by molar-refractivity contribution is 0.302. The van der Waals surface area contributed by atoms with Crippen molar-refractivity contribution < 1.29 is 22.0 Å². The molecule has 0 heterocycles. The predicted octanol–water partition coefficient (Wildman–Crippen LogP) is 4.61. The molecule has 1 unspecified atom stereocenters. The van der Waals surface area contributed by atoms with E-state index in [4.69, 9.17) is 0 Å². The summed E-state index contributed by atoms with van der Waals surface area (Å²) in [6.07, 6.45) is 5.29. The number of rotatable bonds is 3. The van der Waals surface area contributed by atoms with E-state index >= 15 is 0 Å². The van der Waals surface area contributed by atoms with Crippen LogP contribution in [-0.4, -0.2) is 7.05 Å². The molecule has 1 aromatic rings. The van der Waals surface area contributed by atoms with E-state index in [1.807, 2.05) is 0 Å². The molecular weight excluding hydrogens is 289 g/mol. The summed E-state index contributed by atoms with van der Waals surface area (Å²) in [6.45, 7) is 0. The Bertz CT molecular complexity index is 480. The molecule has 1 N–H and O–H groups in total. The molecule has 1 aliphatic carbocycles. The normalized spacial score (nSPS) is 18.6. The van der Waals surface area contributed by atoms with Gasteiger partial charge in [-0.25, -0.2) is 22.0 Å². The Morgan fingerprint density at radius 2 is 1.19 bits per heavy atom. The maximum Gasteiger partial charge on any atom is 0.200 e. The van der Waals surface area contributed by atoms with Gasteiger partial charge in [-0.05, 0) is 25.8 Å². The Morgan fingerprint density at radius 3 is 1.62 bits per heavy atom. The van der Waals surface area contributed by atoms with Gasteiger partial charge in [0.1, 0.15) is 0 Å². The van der Waals surface area contributed by atoms with Crippen LogP contribution in [0.2, 0.25) is 0 Å². The lowest BCUT2D eigenvalue weighted by atomic mass is 9.86. The third kappa shape index (κ3) is 3.05. The summed E-state index contributed by atoms with van der Waals surface area (Å²) in [4.78, 5) is 0. The fraction of sp³-hybridized carbons (Fsp3) is 0.600. The van der Waals surface area contributed by atoms with Crippen molar-refractivity contribution in [3.05, 3.63) is 34.6 Å². The van der Waals surface area contributed by atoms with Crippen LogP contribution in [0.4, 0.5) is 22.0 Å². The largest absolute Gasteiger partial charge is 0.313 e. The third-order valence-electron chi connectivity index (χ3n) is 4.24. The van der Waals surface area contributed by atoms with Crippen molar-refractivity contribution in [3.63, 3.8) is 0 Å². The van der Waals surface area contributed by atoms with Crippen LogP contribution in [0.25, 0.3) is 0 Å². The standard InChI is InChI=1S/C15H18F5N/c1-21-15(8-6-4-2-3-5-7-8)9-10(16)12(18)14(20)13(19)11(9)17/h8,15,21H,2-7H2,1H3. The molecule has 1 fully saturated rings. The first-order valence-electron chi connectivity index (χ1n) is 7.17. The van der Waals surface area contributed by atoms with Gasteiger partial charge in [-0.3, -0.25) is 0 Å². The minimum atomic E-state index is -2.11. The van der Waals surface area contributed by atoms with Crippen molar-refractivity contribution in [1.82, 2.24) is 5.32 Å². The second-order valence-electron chi connectivity index (χ2n) is 5.50. The van der Waals surface area contributed by atoms with Crippen molar-refractivity contribution in [2.24, 2.45) is 5.92 Å². The molecule has 0 aliphatic heterocycles. The molecular formula is C15H18F5N. The molecule has 0 bridgehead atoms. The first-order chi connectivity index (χ1) is 9.99. The van der Waals surface area contributed by atoms with Gasteiger partial charge in [-0.2, -0.15) is 0 Å². The van der Waals surface area contributed by atoms with E-state index in [1.165, 1.54) is 7.05 Å². The van der Waals surface area contributed by atoms with Gasteiger partial charge in [-0.1, -0.05) is 25.7 Å². The first kappa shape index (κ1) is 16.2. The number of nitrogens with one attached hydrogen (secondary N) is 1. The summed E-state index contributed by atoms with van der Waals surface area (Å²) in [7, 11) is 1.48. The fourth-order valence-corrected chi connectivity index (χ4v) is 3.15. The average Bonchev–Trinajstić information content (AvgIpc) is 2.76. The van der Waals surface area contributed by atoms with Gasteiger partial charge in [0.05, 0.1) is 0 Å². The molecule has 1 aliphatic rings. The zero-order valence-corrected chi connectivity index (χ0v) is 11.8. The molecule has 1 aromatic carbocycles. The average molecular weight is 307 g/mol. The maximum absolute atomic E-state index is 13.9. The van der Waals surface area contributed by atoms with Crippen LogP contribution >= 0.6 is 0 Å². The Hall–Kier alpha value is -1.17. The van der Waals surface area contributed by atoms with Gasteiger partial charge in [0.25, 0.3) is 0 Å². The molecule has 0 spiro atoms. The predicted molar refractivity (Wildman–Crippen MR) is 69.2 cm³/mol. The maximum atomic E-state index is 13.9. The lowest BCUT2D eigenvalue weighted by Crippen LogP contribution is -2.28. The molecule has 1 saturated carbocycles. The highest BCUT2D eigenvalue weighted by Crippen LogP contribution is 2.37. The lowest BCUT2D eigenvalue weighted by Gasteiger charge is -2.27. The zero-order chi connectivity index (χ0) is 15.6. The van der Waals surface area contributed by atoms with Crippen LogP contribution in [0.3, 0.4) is 0 Å². The van der Waals surface area contributed by atoms with Gasteiger partial charge in [0.15, 0.2) is 23.3 Å². The van der Waals surface area contributed by atoms with E-state index in [2.05, 4.69) is 5.32 Å². The van der Waals surface area contributed by atoms with Crippen LogP contribution in [0, 0.1) is 35.0 Å². The van der Waals surface area contributed by atoms with E-state index in [0.717, 1.165) is 25.7 Å². The van der Waals surface area contributed by atoms with Crippen LogP contribution < -0.4 is 5.32 Å². The summed E-state index contributed by atoms with van der Waals surface area (Å²) in [5, 5.41) is 2.74. The monoisotopic (exact) mass is 307 g/mol. The van der Waals surface area contributed by atoms with Gasteiger partial charge < -0.3 is 5.32 Å². The highest BCUT2D eigenvalue weighted by Gasteiger charge is 2.33. The minimum Gasteiger partial charge on any atom is -0.313 e. The summed E-state index contributed by atoms with van der Waals surface area (Å²) < 4.78 is 67.7. The van der Waals surface area contributed by atoms with Crippen molar-refractivity contribution >= 4 is 0 Å². The van der Waals surface area contributed by atoms with E-state index < -0.39 is 40.7 Å². The smallest absolute Gasteiger partial charge is 0.200 e. The molecule has 1 nitrogen and oxygen atoms in total. The summed E-state index contributed by atoms with van der Waals surface area (Å²) >= 11 is 0. The van der Waals surface area contributed by atoms with Crippen molar-refractivity contribution in [1.29, 1.82) is 0 Å². The van der Waals surface area contributed by atoms with E-state index in [1.54, 1.807) is 0 Å². The van der Waals surface area contributed by atoms with Crippen LogP contribution in [-0.2, 0) is 0 Å². The molecule has 0 aromatic heterocycles. The molecule has 0 amide bonds. The van der Waals surface area contributed by atoms with Gasteiger partial charge >= 0.3 is 0 Å². The topological polar surface area (TPSA) is 12.0 Å². The van der Waals surface area contributed by atoms with E-state index in [-0.39, 0.29) is 5.92 Å². The summed E-state index contributed by atoms with van der Waals surface area (Å²) in [5.41, 5.74) is -0.735. The van der Waals surface area contributed by atoms with Crippen molar-refractivity contribution in [2.45, 2.75) is 44.6 Å². The second-order valence-corrected chi connectivity index (χ2v) is 5.50.